The fourth-order valence-corrected chi connectivity index (χ4v) is 7.67. The van der Waals surface area contributed by atoms with Gasteiger partial charge in [-0.25, -0.2) is 13.4 Å². The molecule has 0 bridgehead atoms. The van der Waals surface area contributed by atoms with Gasteiger partial charge in [0.1, 0.15) is 5.69 Å². The number of aliphatic hydroxyl groups is 1. The molecule has 0 saturated heterocycles. The quantitative estimate of drug-likeness (QED) is 0.531. The molecule has 0 aromatic carbocycles. The lowest BCUT2D eigenvalue weighted by Gasteiger charge is -2.45. The van der Waals surface area contributed by atoms with E-state index in [0.29, 0.717) is 37.5 Å². The summed E-state index contributed by atoms with van der Waals surface area (Å²) in [5.41, 5.74) is -1.48. The summed E-state index contributed by atoms with van der Waals surface area (Å²) in [6.07, 6.45) is 2.53. The van der Waals surface area contributed by atoms with Crippen molar-refractivity contribution in [1.29, 1.82) is 0 Å². The Bertz CT molecular complexity index is 1010. The van der Waals surface area contributed by atoms with E-state index in [-0.39, 0.29) is 28.9 Å². The summed E-state index contributed by atoms with van der Waals surface area (Å²) in [5.74, 6) is 0.484. The maximum Gasteiger partial charge on any atom is 0.433 e. The number of carbonyl (C=O) groups excluding carboxylic acids is 1. The number of aromatic nitrogens is 1. The Labute approximate surface area is 198 Å². The van der Waals surface area contributed by atoms with Crippen LogP contribution in [0.3, 0.4) is 0 Å². The zero-order chi connectivity index (χ0) is 24.7. The summed E-state index contributed by atoms with van der Waals surface area (Å²) >= 11 is 0. The van der Waals surface area contributed by atoms with Gasteiger partial charge in [-0.15, -0.1) is 0 Å². The van der Waals surface area contributed by atoms with Gasteiger partial charge < -0.3 is 10.4 Å². The van der Waals surface area contributed by atoms with Crippen LogP contribution >= 0.6 is 0 Å². The Morgan fingerprint density at radius 1 is 1.15 bits per heavy atom. The minimum Gasteiger partial charge on any atom is -0.394 e. The summed E-state index contributed by atoms with van der Waals surface area (Å²) in [5, 5.41) is 12.7. The molecular weight excluding hydrogens is 469 g/mol. The number of aliphatic hydroxyl groups excluding tert-OH is 1. The van der Waals surface area contributed by atoms with Gasteiger partial charge >= 0.3 is 6.18 Å². The highest BCUT2D eigenvalue weighted by atomic mass is 32.2. The molecular formula is C24H33F3N2O4S. The topological polar surface area (TPSA) is 96.4 Å². The van der Waals surface area contributed by atoms with Crippen LogP contribution < -0.4 is 5.32 Å². The zero-order valence-corrected chi connectivity index (χ0v) is 20.2. The Hall–Kier alpha value is -1.68. The van der Waals surface area contributed by atoms with E-state index < -0.39 is 39.1 Å². The van der Waals surface area contributed by atoms with Crippen molar-refractivity contribution >= 4 is 15.7 Å². The van der Waals surface area contributed by atoms with E-state index in [9.17, 15) is 31.5 Å². The third kappa shape index (κ3) is 5.75. The number of nitrogens with zero attached hydrogens (tertiary/aromatic N) is 1. The smallest absolute Gasteiger partial charge is 0.394 e. The number of amides is 1. The number of alkyl halides is 3. The van der Waals surface area contributed by atoms with Crippen molar-refractivity contribution in [3.05, 3.63) is 29.1 Å². The fourth-order valence-electron chi connectivity index (χ4n) is 5.45. The highest BCUT2D eigenvalue weighted by Crippen LogP contribution is 2.51. The molecule has 0 spiro atoms. The Morgan fingerprint density at radius 2 is 1.76 bits per heavy atom. The average Bonchev–Trinajstić information content (AvgIpc) is 3.69. The van der Waals surface area contributed by atoms with Crippen molar-refractivity contribution in [3.63, 3.8) is 0 Å². The lowest BCUT2D eigenvalue weighted by atomic mass is 9.66. The van der Waals surface area contributed by atoms with Gasteiger partial charge in [0.05, 0.1) is 34.9 Å². The molecule has 0 aliphatic heterocycles. The third-order valence-corrected chi connectivity index (χ3v) is 10.3. The maximum atomic E-state index is 13.0. The van der Waals surface area contributed by atoms with Gasteiger partial charge in [-0.3, -0.25) is 4.79 Å². The van der Waals surface area contributed by atoms with Crippen LogP contribution in [-0.4, -0.2) is 48.1 Å². The number of rotatable bonds is 9. The summed E-state index contributed by atoms with van der Waals surface area (Å²) < 4.78 is 64.4. The zero-order valence-electron chi connectivity index (χ0n) is 19.4. The fraction of sp³-hybridized carbons (Fsp3) is 0.750. The van der Waals surface area contributed by atoms with Crippen molar-refractivity contribution in [2.45, 2.75) is 82.2 Å². The van der Waals surface area contributed by atoms with E-state index in [2.05, 4.69) is 10.3 Å². The van der Waals surface area contributed by atoms with Gasteiger partial charge in [-0.2, -0.15) is 13.2 Å². The van der Waals surface area contributed by atoms with E-state index in [1.807, 2.05) is 0 Å². The highest BCUT2D eigenvalue weighted by molar-refractivity contribution is 7.92. The summed E-state index contributed by atoms with van der Waals surface area (Å²) in [7, 11) is -3.15. The molecule has 3 aliphatic carbocycles. The number of hydrogen-bond donors (Lipinski definition) is 2. The number of hydrogen-bond acceptors (Lipinski definition) is 5. The normalized spacial score (nSPS) is 26.8. The van der Waals surface area contributed by atoms with Crippen LogP contribution in [-0.2, 0) is 16.0 Å². The Balaban J connectivity index is 1.49. The molecule has 1 aromatic heterocycles. The first-order chi connectivity index (χ1) is 15.9. The number of carbonyl (C=O) groups is 1. The molecule has 2 N–H and O–H groups in total. The molecule has 34 heavy (non-hydrogen) atoms. The van der Waals surface area contributed by atoms with Crippen molar-refractivity contribution < 1.29 is 31.5 Å². The second-order valence-electron chi connectivity index (χ2n) is 10.5. The van der Waals surface area contributed by atoms with Gasteiger partial charge in [0.15, 0.2) is 9.84 Å². The molecule has 3 saturated carbocycles. The third-order valence-electron chi connectivity index (χ3n) is 7.84. The molecule has 4 rings (SSSR count). The number of pyridine rings is 1. The average molecular weight is 503 g/mol. The Kier molecular flexibility index (Phi) is 7.03. The molecule has 10 heteroatoms. The molecule has 3 fully saturated rings. The first-order valence-electron chi connectivity index (χ1n) is 12.1. The van der Waals surface area contributed by atoms with E-state index in [4.69, 9.17) is 0 Å². The van der Waals surface area contributed by atoms with Crippen molar-refractivity contribution in [2.75, 3.05) is 12.4 Å². The maximum absolute atomic E-state index is 13.0. The number of halogens is 3. The summed E-state index contributed by atoms with van der Waals surface area (Å²) in [4.78, 5) is 16.5. The first kappa shape index (κ1) is 25.4. The highest BCUT2D eigenvalue weighted by Gasteiger charge is 2.48. The SMILES string of the molecule is Cc1nc(C(F)(F)F)ccc1C(=O)NC(CO)[C@]1(CC2CC2)CC[C@H](S(=O)(=O)CC2CC2)CC1. The van der Waals surface area contributed by atoms with Crippen molar-refractivity contribution in [1.82, 2.24) is 10.3 Å². The molecule has 190 valence electrons. The van der Waals surface area contributed by atoms with E-state index in [0.717, 1.165) is 44.2 Å². The Morgan fingerprint density at radius 3 is 2.26 bits per heavy atom. The number of sulfone groups is 1. The minimum absolute atomic E-state index is 0.0323. The predicted molar refractivity (Wildman–Crippen MR) is 121 cm³/mol. The number of nitrogens with one attached hydrogen (secondary N) is 1. The first-order valence-corrected chi connectivity index (χ1v) is 13.8. The molecule has 0 radical (unpaired) electrons. The van der Waals surface area contributed by atoms with Crippen LogP contribution in [0.25, 0.3) is 0 Å². The van der Waals surface area contributed by atoms with Gasteiger partial charge in [-0.05, 0) is 81.3 Å². The molecule has 1 aromatic rings. The lowest BCUT2D eigenvalue weighted by molar-refractivity contribution is -0.141. The van der Waals surface area contributed by atoms with Crippen LogP contribution in [0.2, 0.25) is 0 Å². The van der Waals surface area contributed by atoms with Gasteiger partial charge in [0.2, 0.25) is 0 Å². The minimum atomic E-state index is -4.60. The van der Waals surface area contributed by atoms with Gasteiger partial charge in [-0.1, -0.05) is 12.8 Å². The molecule has 1 amide bonds. The van der Waals surface area contributed by atoms with Crippen molar-refractivity contribution in [2.24, 2.45) is 17.3 Å². The van der Waals surface area contributed by atoms with Crippen LogP contribution in [0.5, 0.6) is 0 Å². The summed E-state index contributed by atoms with van der Waals surface area (Å²) in [6, 6.07) is 1.30. The molecule has 6 nitrogen and oxygen atoms in total. The second-order valence-corrected chi connectivity index (χ2v) is 12.8. The van der Waals surface area contributed by atoms with Crippen LogP contribution in [0.15, 0.2) is 12.1 Å². The van der Waals surface area contributed by atoms with E-state index >= 15 is 0 Å². The molecule has 1 atom stereocenters. The summed E-state index contributed by atoms with van der Waals surface area (Å²) in [6.45, 7) is 1.04. The van der Waals surface area contributed by atoms with Gasteiger partial charge in [0, 0.05) is 0 Å². The van der Waals surface area contributed by atoms with Gasteiger partial charge in [0.25, 0.3) is 5.91 Å². The van der Waals surface area contributed by atoms with Crippen LogP contribution in [0.1, 0.15) is 79.5 Å². The van der Waals surface area contributed by atoms with E-state index in [1.165, 1.54) is 6.92 Å². The standard InChI is InChI=1S/C24H33F3N2O4S/c1-15-19(6-7-20(28-15)24(25,26)27)22(31)29-21(13-30)23(12-16-2-3-16)10-8-18(9-11-23)34(32,33)14-17-4-5-17/h6-7,16-18,21,30H,2-5,8-14H2,1H3,(H,29,31)/t18-,21?,23+. The molecule has 1 unspecified atom stereocenters. The lowest BCUT2D eigenvalue weighted by Crippen LogP contribution is -2.53. The number of aryl methyl sites for hydroxylation is 1. The van der Waals surface area contributed by atoms with Crippen LogP contribution in [0, 0.1) is 24.2 Å². The molecule has 1 heterocycles. The largest absolute Gasteiger partial charge is 0.433 e. The van der Waals surface area contributed by atoms with Crippen LogP contribution in [0.4, 0.5) is 13.2 Å². The predicted octanol–water partition coefficient (Wildman–Crippen LogP) is 4.05. The monoisotopic (exact) mass is 502 g/mol. The van der Waals surface area contributed by atoms with E-state index in [1.54, 1.807) is 0 Å². The second kappa shape index (κ2) is 9.41. The molecule has 3 aliphatic rings. The van der Waals surface area contributed by atoms with Crippen molar-refractivity contribution in [3.8, 4) is 0 Å².